The third-order valence-electron chi connectivity index (χ3n) is 15.7. The van der Waals surface area contributed by atoms with Crippen LogP contribution in [0.1, 0.15) is 137 Å². The minimum Gasteiger partial charge on any atom is -0.353 e. The van der Waals surface area contributed by atoms with Crippen molar-refractivity contribution in [2.24, 2.45) is 41.4 Å². The normalized spacial score (nSPS) is 29.6. The van der Waals surface area contributed by atoms with Crippen molar-refractivity contribution in [3.05, 3.63) is 0 Å². The summed E-state index contributed by atoms with van der Waals surface area (Å²) in [5.41, 5.74) is 0. The van der Waals surface area contributed by atoms with Crippen molar-refractivity contribution in [3.8, 4) is 0 Å². The summed E-state index contributed by atoms with van der Waals surface area (Å²) in [4.78, 5) is 36.9. The molecule has 2 N–H and O–H groups in total. The molecule has 8 atom stereocenters. The lowest BCUT2D eigenvalue weighted by Gasteiger charge is -2.38. The minimum absolute atomic E-state index is 0.163. The zero-order chi connectivity index (χ0) is 48.9. The van der Waals surface area contributed by atoms with Gasteiger partial charge in [0.25, 0.3) is 0 Å². The second kappa shape index (κ2) is 32.7. The Morgan fingerprint density at radius 2 is 0.925 bits per heavy atom. The van der Waals surface area contributed by atoms with Gasteiger partial charge in [0.1, 0.15) is 0 Å². The van der Waals surface area contributed by atoms with Gasteiger partial charge in [-0.15, -0.1) is 0 Å². The number of carbonyl (C=O) groups excluding carboxylic acids is 2. The number of amides is 2. The van der Waals surface area contributed by atoms with Crippen LogP contribution in [0.15, 0.2) is 0 Å². The van der Waals surface area contributed by atoms with Crippen molar-refractivity contribution in [1.29, 1.82) is 0 Å². The number of thioether (sulfide) groups is 5. The molecule has 0 radical (unpaired) electrons. The van der Waals surface area contributed by atoms with E-state index in [2.05, 4.69) is 173 Å². The van der Waals surface area contributed by atoms with E-state index in [0.29, 0.717) is 56.7 Å². The number of rotatable bonds is 30. The van der Waals surface area contributed by atoms with E-state index in [1.54, 1.807) is 0 Å². The summed E-state index contributed by atoms with van der Waals surface area (Å²) in [6, 6.07) is 0.703. The molecule has 2 amide bonds. The van der Waals surface area contributed by atoms with Crippen LogP contribution in [-0.4, -0.2) is 181 Å². The smallest absolute Gasteiger partial charge is 0.223 e. The molecule has 13 heteroatoms. The van der Waals surface area contributed by atoms with E-state index in [1.165, 1.54) is 75.0 Å². The zero-order valence-electron chi connectivity index (χ0n) is 45.1. The predicted molar refractivity (Wildman–Crippen MR) is 305 cm³/mol. The van der Waals surface area contributed by atoms with Crippen LogP contribution < -0.4 is 10.6 Å². The Hall–Kier alpha value is 0.530. The fourth-order valence-corrected chi connectivity index (χ4v) is 19.4. The van der Waals surface area contributed by atoms with E-state index in [9.17, 15) is 9.59 Å². The van der Waals surface area contributed by atoms with Crippen LogP contribution >= 0.6 is 58.8 Å². The van der Waals surface area contributed by atoms with Crippen LogP contribution in [0.4, 0.5) is 0 Å². The summed E-state index contributed by atoms with van der Waals surface area (Å²) < 4.78 is 0. The lowest BCUT2D eigenvalue weighted by Crippen LogP contribution is -2.44. The Morgan fingerprint density at radius 1 is 0.493 bits per heavy atom. The highest BCUT2D eigenvalue weighted by molar-refractivity contribution is 8.05. The van der Waals surface area contributed by atoms with Gasteiger partial charge in [0.05, 0.1) is 0 Å². The molecule has 8 unspecified atom stereocenters. The third kappa shape index (κ3) is 23.5. The van der Waals surface area contributed by atoms with Crippen molar-refractivity contribution in [3.63, 3.8) is 0 Å². The molecular formula is C54H104N6O2S5. The second-order valence-corrected chi connectivity index (χ2v) is 29.9. The molecule has 0 bridgehead atoms. The number of hydrogen-bond donors (Lipinski definition) is 2. The van der Waals surface area contributed by atoms with Crippen LogP contribution in [0.2, 0.25) is 0 Å². The van der Waals surface area contributed by atoms with Crippen molar-refractivity contribution in [1.82, 2.24) is 30.2 Å². The molecular weight excluding hydrogens is 925 g/mol. The van der Waals surface area contributed by atoms with Crippen molar-refractivity contribution >= 4 is 70.6 Å². The SMILES string of the molecule is CC(C)C(CCC1CCC(C(=O)NC2CCC(CC3CCC(NC(=O)C4CCC(SCC(SCCN(C)C)C(C)C)C(SCCN(C)C)C4)CC3)CC2)CC1SCCN(C)C)SCCN(C)C. The predicted octanol–water partition coefficient (Wildman–Crippen LogP) is 10.8. The molecule has 4 fully saturated rings. The lowest BCUT2D eigenvalue weighted by atomic mass is 9.75. The first-order chi connectivity index (χ1) is 32.0. The molecule has 4 aliphatic carbocycles. The van der Waals surface area contributed by atoms with Gasteiger partial charge >= 0.3 is 0 Å². The Morgan fingerprint density at radius 3 is 1.40 bits per heavy atom. The van der Waals surface area contributed by atoms with Gasteiger partial charge in [0, 0.05) is 105 Å². The number of carbonyl (C=O) groups is 2. The Kier molecular flexibility index (Phi) is 29.3. The van der Waals surface area contributed by atoms with Gasteiger partial charge in [-0.05, 0) is 195 Å². The molecule has 392 valence electrons. The minimum atomic E-state index is 0.163. The van der Waals surface area contributed by atoms with Gasteiger partial charge in [-0.1, -0.05) is 27.7 Å². The fraction of sp³-hybridized carbons (Fsp3) is 0.963. The van der Waals surface area contributed by atoms with E-state index >= 15 is 0 Å². The Balaban J connectivity index is 1.16. The Labute approximate surface area is 435 Å². The zero-order valence-corrected chi connectivity index (χ0v) is 49.2. The largest absolute Gasteiger partial charge is 0.353 e. The van der Waals surface area contributed by atoms with Gasteiger partial charge in [0.15, 0.2) is 0 Å². The average Bonchev–Trinajstić information content (AvgIpc) is 3.27. The molecule has 0 aromatic heterocycles. The molecule has 0 saturated heterocycles. The molecule has 0 aliphatic heterocycles. The average molecular weight is 1030 g/mol. The highest BCUT2D eigenvalue weighted by atomic mass is 32.2. The van der Waals surface area contributed by atoms with Gasteiger partial charge in [-0.2, -0.15) is 58.8 Å². The Bertz CT molecular complexity index is 1250. The molecule has 0 aromatic carbocycles. The van der Waals surface area contributed by atoms with Gasteiger partial charge in [-0.3, -0.25) is 9.59 Å². The van der Waals surface area contributed by atoms with Gasteiger partial charge in [-0.25, -0.2) is 0 Å². The summed E-state index contributed by atoms with van der Waals surface area (Å²) in [6.45, 7) is 14.1. The first-order valence-corrected chi connectivity index (χ1v) is 32.5. The van der Waals surface area contributed by atoms with Crippen LogP contribution in [0, 0.1) is 41.4 Å². The summed E-state index contributed by atoms with van der Waals surface area (Å²) >= 11 is 10.8. The van der Waals surface area contributed by atoms with Crippen molar-refractivity contribution < 1.29 is 9.59 Å². The molecule has 8 nitrogen and oxygen atoms in total. The van der Waals surface area contributed by atoms with Crippen LogP contribution in [0.5, 0.6) is 0 Å². The quantitative estimate of drug-likeness (QED) is 0.0723. The number of nitrogens with zero attached hydrogens (tertiary/aromatic N) is 4. The van der Waals surface area contributed by atoms with Crippen molar-refractivity contribution in [2.75, 3.05) is 111 Å². The first-order valence-electron chi connectivity index (χ1n) is 27.2. The van der Waals surface area contributed by atoms with Crippen LogP contribution in [0.3, 0.4) is 0 Å². The molecule has 4 rings (SSSR count). The number of hydrogen-bond acceptors (Lipinski definition) is 11. The molecule has 4 saturated carbocycles. The van der Waals surface area contributed by atoms with E-state index < -0.39 is 0 Å². The molecule has 0 aromatic rings. The van der Waals surface area contributed by atoms with Gasteiger partial charge < -0.3 is 30.2 Å². The molecule has 4 aliphatic rings. The number of nitrogens with one attached hydrogen (secondary N) is 2. The van der Waals surface area contributed by atoms with E-state index in [0.717, 1.165) is 112 Å². The van der Waals surface area contributed by atoms with Crippen LogP contribution in [0.25, 0.3) is 0 Å². The summed E-state index contributed by atoms with van der Waals surface area (Å²) in [7, 11) is 17.4. The lowest BCUT2D eigenvalue weighted by molar-refractivity contribution is -0.127. The second-order valence-electron chi connectivity index (χ2n) is 23.3. The summed E-state index contributed by atoms with van der Waals surface area (Å²) in [5.74, 6) is 10.7. The highest BCUT2D eigenvalue weighted by Gasteiger charge is 2.38. The van der Waals surface area contributed by atoms with Crippen LogP contribution in [-0.2, 0) is 9.59 Å². The summed E-state index contributed by atoms with van der Waals surface area (Å²) in [5, 5.41) is 10.4. The molecule has 0 heterocycles. The van der Waals surface area contributed by atoms with E-state index in [1.807, 2.05) is 0 Å². The highest BCUT2D eigenvalue weighted by Crippen LogP contribution is 2.43. The first kappa shape index (κ1) is 60.1. The maximum atomic E-state index is 13.9. The molecule has 0 spiro atoms. The van der Waals surface area contributed by atoms with Gasteiger partial charge in [0.2, 0.25) is 11.8 Å². The maximum Gasteiger partial charge on any atom is 0.223 e. The third-order valence-corrected chi connectivity index (χ3v) is 23.6. The standard InChI is InChI=1S/C54H104N6O2S5/c1-39(2)48(63-31-27-57(5)6)25-19-43-17-18-44(36-50(43)64-32-28-58(7)8)53(61)55-46-21-13-41(14-22-46)35-42-15-23-47(24-16-42)56-54(62)45-20-26-49(51(37-45)65-33-29-59(9)10)67-38-52(40(3)4)66-34-30-60(11)12/h39-52H,13-38H2,1-12H3,(H,55,61)(H,56,62). The van der Waals surface area contributed by atoms with Crippen molar-refractivity contribution in [2.45, 2.75) is 175 Å². The fourth-order valence-electron chi connectivity index (χ4n) is 11.0. The molecule has 67 heavy (non-hydrogen) atoms. The topological polar surface area (TPSA) is 71.2 Å². The summed E-state index contributed by atoms with van der Waals surface area (Å²) in [6.07, 6.45) is 20.1. The van der Waals surface area contributed by atoms with E-state index in [4.69, 9.17) is 0 Å². The maximum absolute atomic E-state index is 13.9. The monoisotopic (exact) mass is 1030 g/mol. The van der Waals surface area contributed by atoms with E-state index in [-0.39, 0.29) is 11.8 Å².